The number of fused-ring (bicyclic) bond motifs is 7. The zero-order chi connectivity index (χ0) is 44.2. The highest BCUT2D eigenvalue weighted by Gasteiger charge is 2.69. The molecule has 0 aromatic rings. The lowest BCUT2D eigenvalue weighted by Crippen LogP contribution is -2.66. The maximum Gasteiger partial charge on any atom is 0.187 e. The zero-order valence-electron chi connectivity index (χ0n) is 36.6. The summed E-state index contributed by atoms with van der Waals surface area (Å²) in [5.41, 5.74) is 1.56. The first-order valence-corrected chi connectivity index (χ1v) is 23.4. The molecule has 5 saturated heterocycles. The Kier molecular flexibility index (Phi) is 12.9. The van der Waals surface area contributed by atoms with Gasteiger partial charge in [-0.25, -0.2) is 0 Å². The van der Waals surface area contributed by atoms with Gasteiger partial charge in [-0.15, -0.1) is 0 Å². The first-order valence-electron chi connectivity index (χ1n) is 23.4. The van der Waals surface area contributed by atoms with E-state index in [1.807, 2.05) is 0 Å². The molecular weight excluding hydrogens is 812 g/mol. The number of aliphatic hydroxyl groups excluding tert-OH is 9. The van der Waals surface area contributed by atoms with Crippen molar-refractivity contribution in [3.05, 3.63) is 11.6 Å². The molecule has 62 heavy (non-hydrogen) atoms. The topological polar surface area (TPSA) is 256 Å². The lowest BCUT2D eigenvalue weighted by Gasteiger charge is -2.58. The van der Waals surface area contributed by atoms with Crippen LogP contribution < -0.4 is 0 Å². The summed E-state index contributed by atoms with van der Waals surface area (Å²) in [5, 5.41) is 96.4. The average Bonchev–Trinajstić information content (AvgIpc) is 3.70. The number of hydrogen-bond donors (Lipinski definition) is 9. The van der Waals surface area contributed by atoms with Gasteiger partial charge in [0.2, 0.25) is 0 Å². The third-order valence-electron chi connectivity index (χ3n) is 17.7. The fourth-order valence-electron chi connectivity index (χ4n) is 14.0. The van der Waals surface area contributed by atoms with Gasteiger partial charge in [-0.3, -0.25) is 0 Å². The van der Waals surface area contributed by atoms with Gasteiger partial charge >= 0.3 is 0 Å². The van der Waals surface area contributed by atoms with Crippen LogP contribution in [0.4, 0.5) is 0 Å². The molecule has 354 valence electrons. The van der Waals surface area contributed by atoms with E-state index in [0.29, 0.717) is 48.3 Å². The number of hydrogen-bond acceptors (Lipinski definition) is 17. The van der Waals surface area contributed by atoms with Crippen molar-refractivity contribution in [2.24, 2.45) is 46.3 Å². The standard InChI is InChI=1S/C45H72O17/c1-19-8-13-45(55-18-19)20(2)30-27(62-45)15-26-24-7-6-22-14-23(9-11-43(22,4)25(24)10-12-44(26,30)5)57-42-37(54)39(32(49)28(16-46)58-42)61-41-36(53)34(51)38(29(17-47)59-41)60-40-35(52)33(50)31(48)21(3)56-40/h6,19-21,23-42,46-54H,7-18H2,1-5H3. The predicted molar refractivity (Wildman–Crippen MR) is 214 cm³/mol. The van der Waals surface area contributed by atoms with Gasteiger partial charge in [0.05, 0.1) is 38.1 Å². The second-order valence-corrected chi connectivity index (χ2v) is 21.1. The van der Waals surface area contributed by atoms with Crippen LogP contribution in [0.3, 0.4) is 0 Å². The number of rotatable bonds is 8. The second-order valence-electron chi connectivity index (χ2n) is 21.1. The van der Waals surface area contributed by atoms with E-state index in [4.69, 9.17) is 37.9 Å². The normalized spacial score (nSPS) is 57.6. The van der Waals surface area contributed by atoms with E-state index in [1.165, 1.54) is 18.9 Å². The third kappa shape index (κ3) is 7.49. The molecule has 26 atom stereocenters. The minimum atomic E-state index is -1.87. The van der Waals surface area contributed by atoms with E-state index in [0.717, 1.165) is 45.1 Å². The summed E-state index contributed by atoms with van der Waals surface area (Å²) in [6.07, 6.45) is -11.8. The van der Waals surface area contributed by atoms with E-state index in [-0.39, 0.29) is 23.0 Å². The van der Waals surface area contributed by atoms with Crippen LogP contribution in [0.25, 0.3) is 0 Å². The summed E-state index contributed by atoms with van der Waals surface area (Å²) >= 11 is 0. The molecular formula is C45H72O17. The quantitative estimate of drug-likeness (QED) is 0.148. The molecule has 9 rings (SSSR count). The highest BCUT2D eigenvalue weighted by atomic mass is 16.8. The molecule has 4 aliphatic carbocycles. The molecule has 17 nitrogen and oxygen atoms in total. The molecule has 1 spiro atoms. The molecule has 0 bridgehead atoms. The fourth-order valence-corrected chi connectivity index (χ4v) is 14.0. The van der Waals surface area contributed by atoms with Gasteiger partial charge in [0, 0.05) is 12.3 Å². The third-order valence-corrected chi connectivity index (χ3v) is 17.7. The molecule has 5 heterocycles. The molecule has 9 N–H and O–H groups in total. The molecule has 5 aliphatic heterocycles. The summed E-state index contributed by atoms with van der Waals surface area (Å²) < 4.78 is 48.8. The Labute approximate surface area is 363 Å². The smallest absolute Gasteiger partial charge is 0.187 e. The van der Waals surface area contributed by atoms with Crippen molar-refractivity contribution in [3.8, 4) is 0 Å². The van der Waals surface area contributed by atoms with E-state index < -0.39 is 111 Å². The summed E-state index contributed by atoms with van der Waals surface area (Å²) in [4.78, 5) is 0. The molecule has 17 heteroatoms. The van der Waals surface area contributed by atoms with Crippen LogP contribution in [0.5, 0.6) is 0 Å². The fraction of sp³-hybridized carbons (Fsp3) is 0.956. The van der Waals surface area contributed by atoms with Crippen molar-refractivity contribution < 1.29 is 83.9 Å². The molecule has 0 amide bonds. The SMILES string of the molecule is CC1CCC2(OC1)OC1CC3C4CC=C5CC(OC6OC(CO)C(O)C(OC7OC(CO)C(OC8OC(C)C(O)C(O)C8O)C(O)C7O)C6O)CCC5(C)C4CCC3(C)C1C2C. The number of allylic oxidation sites excluding steroid dienone is 1. The molecule has 0 aromatic heterocycles. The Morgan fingerprint density at radius 3 is 2.06 bits per heavy atom. The predicted octanol–water partition coefficient (Wildman–Crippen LogP) is 0.214. The van der Waals surface area contributed by atoms with E-state index >= 15 is 0 Å². The van der Waals surface area contributed by atoms with Crippen LogP contribution in [0.15, 0.2) is 11.6 Å². The first-order chi connectivity index (χ1) is 29.4. The van der Waals surface area contributed by atoms with E-state index in [2.05, 4.69) is 33.8 Å². The molecule has 8 fully saturated rings. The van der Waals surface area contributed by atoms with Crippen LogP contribution >= 0.6 is 0 Å². The van der Waals surface area contributed by atoms with Gasteiger partial charge in [-0.05, 0) is 98.7 Å². The van der Waals surface area contributed by atoms with Crippen molar-refractivity contribution in [2.45, 2.75) is 203 Å². The maximum atomic E-state index is 11.6. The Bertz CT molecular complexity index is 1610. The van der Waals surface area contributed by atoms with Gasteiger partial charge in [0.25, 0.3) is 0 Å². The monoisotopic (exact) mass is 884 g/mol. The molecule has 0 aromatic carbocycles. The summed E-state index contributed by atoms with van der Waals surface area (Å²) in [6.45, 7) is 10.4. The van der Waals surface area contributed by atoms with Crippen LogP contribution in [0.1, 0.15) is 92.4 Å². The van der Waals surface area contributed by atoms with Crippen molar-refractivity contribution in [1.82, 2.24) is 0 Å². The van der Waals surface area contributed by atoms with Gasteiger partial charge < -0.3 is 83.9 Å². The number of aliphatic hydroxyl groups is 9. The summed E-state index contributed by atoms with van der Waals surface area (Å²) in [5.74, 6) is 2.68. The van der Waals surface area contributed by atoms with Gasteiger partial charge in [0.1, 0.15) is 67.1 Å². The zero-order valence-corrected chi connectivity index (χ0v) is 36.6. The minimum Gasteiger partial charge on any atom is -0.394 e. The summed E-state index contributed by atoms with van der Waals surface area (Å²) in [7, 11) is 0. The highest BCUT2D eigenvalue weighted by Crippen LogP contribution is 2.70. The Morgan fingerprint density at radius 1 is 0.677 bits per heavy atom. The largest absolute Gasteiger partial charge is 0.394 e. The molecule has 26 unspecified atom stereocenters. The molecule has 0 radical (unpaired) electrons. The summed E-state index contributed by atoms with van der Waals surface area (Å²) in [6, 6.07) is 0. The van der Waals surface area contributed by atoms with Crippen molar-refractivity contribution >= 4 is 0 Å². The van der Waals surface area contributed by atoms with Crippen molar-refractivity contribution in [2.75, 3.05) is 19.8 Å². The lowest BCUT2D eigenvalue weighted by molar-refractivity contribution is -0.380. The second kappa shape index (κ2) is 17.3. The van der Waals surface area contributed by atoms with Crippen LogP contribution in [0, 0.1) is 46.3 Å². The lowest BCUT2D eigenvalue weighted by atomic mass is 9.47. The maximum absolute atomic E-state index is 11.6. The van der Waals surface area contributed by atoms with Gasteiger partial charge in [-0.1, -0.05) is 39.3 Å². The highest BCUT2D eigenvalue weighted by molar-refractivity contribution is 5.26. The first kappa shape index (κ1) is 46.2. The molecule has 3 saturated carbocycles. The Hall–Kier alpha value is -0.940. The Morgan fingerprint density at radius 2 is 1.35 bits per heavy atom. The molecule has 9 aliphatic rings. The average molecular weight is 885 g/mol. The number of ether oxygens (including phenoxy) is 8. The van der Waals surface area contributed by atoms with Gasteiger partial charge in [-0.2, -0.15) is 0 Å². The van der Waals surface area contributed by atoms with Crippen LogP contribution in [0.2, 0.25) is 0 Å². The van der Waals surface area contributed by atoms with Crippen molar-refractivity contribution in [3.63, 3.8) is 0 Å². The van der Waals surface area contributed by atoms with E-state index in [9.17, 15) is 46.0 Å². The van der Waals surface area contributed by atoms with E-state index in [1.54, 1.807) is 0 Å². The minimum absolute atomic E-state index is 0.000254. The van der Waals surface area contributed by atoms with Gasteiger partial charge in [0.15, 0.2) is 24.7 Å². The van der Waals surface area contributed by atoms with Crippen LogP contribution in [-0.4, -0.2) is 176 Å². The Balaban J connectivity index is 0.842. The van der Waals surface area contributed by atoms with Crippen LogP contribution in [-0.2, 0) is 37.9 Å². The van der Waals surface area contributed by atoms with Crippen molar-refractivity contribution in [1.29, 1.82) is 0 Å².